The molecule has 1 aliphatic heterocycles. The van der Waals surface area contributed by atoms with Crippen molar-refractivity contribution in [1.29, 1.82) is 0 Å². The predicted molar refractivity (Wildman–Crippen MR) is 89.0 cm³/mol. The first-order valence-electron chi connectivity index (χ1n) is 8.76. The molecule has 0 amide bonds. The average molecular weight is 445 g/mol. The van der Waals surface area contributed by atoms with Gasteiger partial charge in [-0.1, -0.05) is 37.1 Å². The molecule has 1 N–H and O–H groups in total. The summed E-state index contributed by atoms with van der Waals surface area (Å²) < 4.78 is 6.44. The van der Waals surface area contributed by atoms with Gasteiger partial charge < -0.3 is 38.3 Å². The predicted octanol–water partition coefficient (Wildman–Crippen LogP) is -0.226. The second-order valence-corrected chi connectivity index (χ2v) is 7.70. The molecule has 1 saturated heterocycles. The van der Waals surface area contributed by atoms with Crippen LogP contribution in [0.1, 0.15) is 55.3 Å². The number of benzene rings is 1. The SMILES string of the molecule is C[N+]1(C)CCC(OC(=O)C(O)c2ccccc2C2CCCC2)C1.[I-]. The van der Waals surface area contributed by atoms with E-state index in [0.29, 0.717) is 5.92 Å². The highest BCUT2D eigenvalue weighted by Gasteiger charge is 2.35. The first-order chi connectivity index (χ1) is 11.0. The number of ether oxygens (including phenoxy) is 1. The number of hydrogen-bond acceptors (Lipinski definition) is 3. The highest BCUT2D eigenvalue weighted by molar-refractivity contribution is 5.77. The standard InChI is InChI=1S/C19H28NO3.HI/c1-20(2)12-11-15(13-20)23-19(22)18(21)17-10-6-5-9-16(17)14-7-3-4-8-14;/h5-6,9-10,14-15,18,21H,3-4,7-8,11-13H2,1-2H3;1H/q+1;/p-1. The molecular formula is C19H28INO3. The van der Waals surface area contributed by atoms with Crippen molar-refractivity contribution in [3.8, 4) is 0 Å². The Balaban J connectivity index is 0.00000208. The molecule has 0 radical (unpaired) electrons. The van der Waals surface area contributed by atoms with Crippen LogP contribution in [0.4, 0.5) is 0 Å². The first-order valence-corrected chi connectivity index (χ1v) is 8.76. The largest absolute Gasteiger partial charge is 1.00 e. The van der Waals surface area contributed by atoms with Crippen molar-refractivity contribution in [2.45, 2.75) is 50.2 Å². The quantitative estimate of drug-likeness (QED) is 0.396. The van der Waals surface area contributed by atoms with Gasteiger partial charge in [0.05, 0.1) is 20.6 Å². The van der Waals surface area contributed by atoms with Crippen LogP contribution in [0.3, 0.4) is 0 Å². The maximum absolute atomic E-state index is 12.4. The number of aliphatic hydroxyl groups is 1. The van der Waals surface area contributed by atoms with E-state index in [0.717, 1.165) is 48.0 Å². The molecule has 3 rings (SSSR count). The van der Waals surface area contributed by atoms with Crippen LogP contribution in [0.5, 0.6) is 0 Å². The van der Waals surface area contributed by atoms with E-state index in [1.807, 2.05) is 18.2 Å². The number of quaternary nitrogens is 1. The van der Waals surface area contributed by atoms with Crippen LogP contribution in [0.25, 0.3) is 0 Å². The van der Waals surface area contributed by atoms with Gasteiger partial charge in [0.1, 0.15) is 6.54 Å². The lowest BCUT2D eigenvalue weighted by Gasteiger charge is -2.23. The van der Waals surface area contributed by atoms with Crippen LogP contribution < -0.4 is 24.0 Å². The number of likely N-dealkylation sites (tertiary alicyclic amines) is 1. The summed E-state index contributed by atoms with van der Waals surface area (Å²) in [6.07, 6.45) is 4.38. The minimum atomic E-state index is -1.16. The van der Waals surface area contributed by atoms with Gasteiger partial charge in [-0.25, -0.2) is 4.79 Å². The van der Waals surface area contributed by atoms with Crippen LogP contribution in [-0.2, 0) is 9.53 Å². The lowest BCUT2D eigenvalue weighted by molar-refractivity contribution is -0.879. The summed E-state index contributed by atoms with van der Waals surface area (Å²) >= 11 is 0. The van der Waals surface area contributed by atoms with Crippen molar-refractivity contribution < 1.29 is 43.1 Å². The minimum absolute atomic E-state index is 0. The van der Waals surface area contributed by atoms with E-state index in [-0.39, 0.29) is 30.1 Å². The molecule has 1 saturated carbocycles. The van der Waals surface area contributed by atoms with Gasteiger partial charge in [-0.15, -0.1) is 0 Å². The van der Waals surface area contributed by atoms with Crippen LogP contribution in [0.2, 0.25) is 0 Å². The van der Waals surface area contributed by atoms with Crippen molar-refractivity contribution >= 4 is 5.97 Å². The maximum atomic E-state index is 12.4. The molecule has 2 atom stereocenters. The Bertz CT molecular complexity index is 569. The zero-order valence-corrected chi connectivity index (χ0v) is 16.7. The number of nitrogens with zero attached hydrogens (tertiary/aromatic N) is 1. The molecule has 1 aromatic rings. The highest BCUT2D eigenvalue weighted by Crippen LogP contribution is 2.37. The zero-order chi connectivity index (χ0) is 16.4. The topological polar surface area (TPSA) is 46.5 Å². The highest BCUT2D eigenvalue weighted by atomic mass is 127. The van der Waals surface area contributed by atoms with Gasteiger partial charge in [0.25, 0.3) is 0 Å². The molecule has 1 aromatic carbocycles. The fourth-order valence-electron chi connectivity index (χ4n) is 4.05. The van der Waals surface area contributed by atoms with Crippen molar-refractivity contribution in [3.63, 3.8) is 0 Å². The van der Waals surface area contributed by atoms with Gasteiger partial charge in [0, 0.05) is 6.42 Å². The van der Waals surface area contributed by atoms with Crippen molar-refractivity contribution in [2.75, 3.05) is 27.2 Å². The molecule has 1 aliphatic carbocycles. The number of halogens is 1. The fraction of sp³-hybridized carbons (Fsp3) is 0.632. The number of carbonyl (C=O) groups is 1. The molecular weight excluding hydrogens is 417 g/mol. The van der Waals surface area contributed by atoms with Crippen LogP contribution in [0.15, 0.2) is 24.3 Å². The third-order valence-corrected chi connectivity index (χ3v) is 5.35. The van der Waals surface area contributed by atoms with Gasteiger partial charge in [-0.05, 0) is 29.9 Å². The molecule has 2 fully saturated rings. The summed E-state index contributed by atoms with van der Waals surface area (Å²) in [5, 5.41) is 10.5. The van der Waals surface area contributed by atoms with Crippen LogP contribution >= 0.6 is 0 Å². The molecule has 134 valence electrons. The number of rotatable bonds is 4. The lowest BCUT2D eigenvalue weighted by atomic mass is 9.90. The zero-order valence-electron chi connectivity index (χ0n) is 14.6. The van der Waals surface area contributed by atoms with Gasteiger partial charge in [0.15, 0.2) is 12.2 Å². The molecule has 1 heterocycles. The number of hydrogen-bond donors (Lipinski definition) is 1. The van der Waals surface area contributed by atoms with E-state index in [4.69, 9.17) is 4.74 Å². The molecule has 0 bridgehead atoms. The van der Waals surface area contributed by atoms with Gasteiger partial charge in [-0.3, -0.25) is 0 Å². The average Bonchev–Trinajstić information content (AvgIpc) is 3.16. The third kappa shape index (κ3) is 4.49. The normalized spacial score (nSPS) is 24.4. The summed E-state index contributed by atoms with van der Waals surface area (Å²) in [6.45, 7) is 1.83. The van der Waals surface area contributed by atoms with Crippen LogP contribution in [-0.4, -0.2) is 48.8 Å². The Hall–Kier alpha value is -0.660. The molecule has 0 aromatic heterocycles. The fourth-order valence-corrected chi connectivity index (χ4v) is 4.05. The van der Waals surface area contributed by atoms with E-state index >= 15 is 0 Å². The summed E-state index contributed by atoms with van der Waals surface area (Å²) in [6, 6.07) is 7.80. The van der Waals surface area contributed by atoms with E-state index in [2.05, 4.69) is 20.2 Å². The number of likely N-dealkylation sites (N-methyl/N-ethyl adjacent to an activating group) is 1. The molecule has 2 aliphatic rings. The molecule has 0 spiro atoms. The van der Waals surface area contributed by atoms with Gasteiger partial charge >= 0.3 is 5.97 Å². The monoisotopic (exact) mass is 445 g/mol. The summed E-state index contributed by atoms with van der Waals surface area (Å²) in [5.41, 5.74) is 1.85. The molecule has 24 heavy (non-hydrogen) atoms. The van der Waals surface area contributed by atoms with Gasteiger partial charge in [-0.2, -0.15) is 0 Å². The summed E-state index contributed by atoms with van der Waals surface area (Å²) in [7, 11) is 4.28. The summed E-state index contributed by atoms with van der Waals surface area (Å²) in [5.74, 6) is -0.0296. The van der Waals surface area contributed by atoms with Crippen LogP contribution in [0, 0.1) is 0 Å². The summed E-state index contributed by atoms with van der Waals surface area (Å²) in [4.78, 5) is 12.4. The van der Waals surface area contributed by atoms with E-state index in [9.17, 15) is 9.90 Å². The molecule has 5 heteroatoms. The number of aliphatic hydroxyl groups excluding tert-OH is 1. The Morgan fingerprint density at radius 3 is 2.50 bits per heavy atom. The Kier molecular flexibility index (Phi) is 6.67. The van der Waals surface area contributed by atoms with Gasteiger partial charge in [0.2, 0.25) is 0 Å². The van der Waals surface area contributed by atoms with Crippen molar-refractivity contribution in [3.05, 3.63) is 35.4 Å². The first kappa shape index (κ1) is 19.7. The number of esters is 1. The smallest absolute Gasteiger partial charge is 0.340 e. The molecule has 4 nitrogen and oxygen atoms in total. The van der Waals surface area contributed by atoms with Crippen molar-refractivity contribution in [1.82, 2.24) is 0 Å². The minimum Gasteiger partial charge on any atom is -1.00 e. The Morgan fingerprint density at radius 2 is 1.88 bits per heavy atom. The Labute approximate surface area is 161 Å². The second kappa shape index (κ2) is 8.15. The lowest BCUT2D eigenvalue weighted by Crippen LogP contribution is -3.00. The van der Waals surface area contributed by atoms with Crippen molar-refractivity contribution in [2.24, 2.45) is 0 Å². The van der Waals surface area contributed by atoms with E-state index in [1.54, 1.807) is 0 Å². The maximum Gasteiger partial charge on any atom is 0.340 e. The number of carbonyl (C=O) groups excluding carboxylic acids is 1. The third-order valence-electron chi connectivity index (χ3n) is 5.35. The second-order valence-electron chi connectivity index (χ2n) is 7.70. The van der Waals surface area contributed by atoms with E-state index < -0.39 is 12.1 Å². The van der Waals surface area contributed by atoms with E-state index in [1.165, 1.54) is 12.8 Å². The molecule has 2 unspecified atom stereocenters. The Morgan fingerprint density at radius 1 is 1.21 bits per heavy atom.